The van der Waals surface area contributed by atoms with Crippen LogP contribution in [0.3, 0.4) is 0 Å². The van der Waals surface area contributed by atoms with Gasteiger partial charge in [-0.05, 0) is 23.8 Å². The number of hydrogen-bond donors (Lipinski definition) is 1. The Hall–Kier alpha value is -0.210. The van der Waals surface area contributed by atoms with Gasteiger partial charge < -0.3 is 5.73 Å². The Morgan fingerprint density at radius 1 is 1.06 bits per heavy atom. The van der Waals surface area contributed by atoms with E-state index < -0.39 is 18.1 Å². The van der Waals surface area contributed by atoms with Gasteiger partial charge in [-0.2, -0.15) is 22.0 Å². The van der Waals surface area contributed by atoms with Gasteiger partial charge in [-0.1, -0.05) is 31.9 Å². The molecule has 0 aliphatic rings. The van der Waals surface area contributed by atoms with Crippen LogP contribution in [0.2, 0.25) is 0 Å². The van der Waals surface area contributed by atoms with Crippen molar-refractivity contribution in [2.75, 3.05) is 0 Å². The van der Waals surface area contributed by atoms with Crippen molar-refractivity contribution < 1.29 is 22.0 Å². The van der Waals surface area contributed by atoms with Gasteiger partial charge in [0, 0.05) is 8.95 Å². The molecule has 0 fully saturated rings. The van der Waals surface area contributed by atoms with Crippen LogP contribution in [0.5, 0.6) is 0 Å². The van der Waals surface area contributed by atoms with Gasteiger partial charge in [0.05, 0.1) is 0 Å². The summed E-state index contributed by atoms with van der Waals surface area (Å²) < 4.78 is 63.0. The normalized spacial score (nSPS) is 14.8. The van der Waals surface area contributed by atoms with Crippen molar-refractivity contribution in [1.82, 2.24) is 0 Å². The smallest absolute Gasteiger partial charge is 0.319 e. The molecule has 96 valence electrons. The minimum Gasteiger partial charge on any atom is -0.319 e. The molecule has 0 aliphatic carbocycles. The minimum atomic E-state index is -5.69. The van der Waals surface area contributed by atoms with Crippen LogP contribution in [0, 0.1) is 0 Å². The Bertz CT molecular complexity index is 418. The van der Waals surface area contributed by atoms with Gasteiger partial charge in [0.15, 0.2) is 0 Å². The summed E-state index contributed by atoms with van der Waals surface area (Å²) >= 11 is 5.87. The highest BCUT2D eigenvalue weighted by atomic mass is 79.9. The van der Waals surface area contributed by atoms with Crippen molar-refractivity contribution in [3.63, 3.8) is 0 Å². The van der Waals surface area contributed by atoms with Gasteiger partial charge in [0.2, 0.25) is 0 Å². The van der Waals surface area contributed by atoms with E-state index in [1.807, 2.05) is 0 Å². The molecule has 0 aliphatic heterocycles. The van der Waals surface area contributed by atoms with Crippen molar-refractivity contribution in [1.29, 1.82) is 0 Å². The molecule has 8 heteroatoms. The molecule has 17 heavy (non-hydrogen) atoms. The van der Waals surface area contributed by atoms with Gasteiger partial charge in [-0.25, -0.2) is 0 Å². The van der Waals surface area contributed by atoms with Gasteiger partial charge in [-0.3, -0.25) is 0 Å². The van der Waals surface area contributed by atoms with Crippen molar-refractivity contribution >= 4 is 31.9 Å². The standard InChI is InChI=1S/C9H6Br2F5N/c10-4-1-2-6(11)5(3-4)7(17)8(12,13)9(14,15)16/h1-3,7H,17H2/t7-/m0/s1. The lowest BCUT2D eigenvalue weighted by atomic mass is 10.0. The fourth-order valence-corrected chi connectivity index (χ4v) is 2.00. The Balaban J connectivity index is 3.21. The summed E-state index contributed by atoms with van der Waals surface area (Å²) in [6, 6.07) is 1.49. The summed E-state index contributed by atoms with van der Waals surface area (Å²) in [5.74, 6) is -4.99. The number of alkyl halides is 5. The quantitative estimate of drug-likeness (QED) is 0.753. The number of hydrogen-bond acceptors (Lipinski definition) is 1. The van der Waals surface area contributed by atoms with Crippen LogP contribution in [0.15, 0.2) is 27.1 Å². The monoisotopic (exact) mass is 381 g/mol. The molecular formula is C9H6Br2F5N. The lowest BCUT2D eigenvalue weighted by Gasteiger charge is -2.26. The molecule has 2 N–H and O–H groups in total. The number of rotatable bonds is 2. The highest BCUT2D eigenvalue weighted by Gasteiger charge is 2.61. The molecule has 0 heterocycles. The maximum atomic E-state index is 13.0. The third-order valence-corrected chi connectivity index (χ3v) is 3.28. The average molecular weight is 383 g/mol. The highest BCUT2D eigenvalue weighted by molar-refractivity contribution is 9.11. The summed E-state index contributed by atoms with van der Waals surface area (Å²) in [7, 11) is 0. The fraction of sp³-hybridized carbons (Fsp3) is 0.333. The molecule has 1 aromatic carbocycles. The van der Waals surface area contributed by atoms with Crippen LogP contribution in [0.1, 0.15) is 11.6 Å². The average Bonchev–Trinajstić information content (AvgIpc) is 2.19. The summed E-state index contributed by atoms with van der Waals surface area (Å²) in [5, 5.41) is 0. The first-order valence-electron chi connectivity index (χ1n) is 4.22. The first-order valence-corrected chi connectivity index (χ1v) is 5.81. The Morgan fingerprint density at radius 3 is 2.06 bits per heavy atom. The third-order valence-electron chi connectivity index (χ3n) is 2.06. The van der Waals surface area contributed by atoms with E-state index in [2.05, 4.69) is 31.9 Å². The minimum absolute atomic E-state index is 0.0946. The zero-order valence-electron chi connectivity index (χ0n) is 8.03. The van der Waals surface area contributed by atoms with Crippen LogP contribution in [0.25, 0.3) is 0 Å². The molecule has 0 spiro atoms. The molecule has 1 nitrogen and oxygen atoms in total. The molecule has 0 saturated heterocycles. The summed E-state index contributed by atoms with van der Waals surface area (Å²) in [4.78, 5) is 0. The van der Waals surface area contributed by atoms with E-state index in [0.717, 1.165) is 6.07 Å². The first kappa shape index (κ1) is 14.8. The van der Waals surface area contributed by atoms with Crippen molar-refractivity contribution in [3.05, 3.63) is 32.7 Å². The SMILES string of the molecule is N[C@@H](c1cc(Br)ccc1Br)C(F)(F)C(F)(F)F. The van der Waals surface area contributed by atoms with E-state index in [-0.39, 0.29) is 10.0 Å². The summed E-state index contributed by atoms with van der Waals surface area (Å²) in [6.45, 7) is 0. The second-order valence-corrected chi connectivity index (χ2v) is 5.03. The van der Waals surface area contributed by atoms with E-state index >= 15 is 0 Å². The van der Waals surface area contributed by atoms with Crippen molar-refractivity contribution in [3.8, 4) is 0 Å². The van der Waals surface area contributed by atoms with E-state index in [1.54, 1.807) is 0 Å². The van der Waals surface area contributed by atoms with Crippen molar-refractivity contribution in [2.45, 2.75) is 18.1 Å². The first-order chi connectivity index (χ1) is 7.57. The maximum Gasteiger partial charge on any atom is 0.455 e. The van der Waals surface area contributed by atoms with Crippen LogP contribution in [-0.2, 0) is 0 Å². The molecule has 1 atom stereocenters. The van der Waals surface area contributed by atoms with Gasteiger partial charge >= 0.3 is 12.1 Å². The van der Waals surface area contributed by atoms with E-state index in [9.17, 15) is 22.0 Å². The maximum absolute atomic E-state index is 13.0. The number of nitrogens with two attached hydrogens (primary N) is 1. The fourth-order valence-electron chi connectivity index (χ4n) is 1.12. The topological polar surface area (TPSA) is 26.0 Å². The summed E-state index contributed by atoms with van der Waals surface area (Å²) in [5.41, 5.74) is 4.69. The lowest BCUT2D eigenvalue weighted by Crippen LogP contribution is -2.46. The van der Waals surface area contributed by atoms with Gasteiger partial charge in [-0.15, -0.1) is 0 Å². The van der Waals surface area contributed by atoms with E-state index in [4.69, 9.17) is 5.73 Å². The number of halogens is 7. The third kappa shape index (κ3) is 2.97. The van der Waals surface area contributed by atoms with Gasteiger partial charge in [0.1, 0.15) is 6.04 Å². The molecule has 0 bridgehead atoms. The molecular weight excluding hydrogens is 377 g/mol. The molecule has 0 radical (unpaired) electrons. The zero-order valence-corrected chi connectivity index (χ0v) is 11.2. The molecule has 1 aromatic rings. The zero-order chi connectivity index (χ0) is 13.4. The van der Waals surface area contributed by atoms with Crippen molar-refractivity contribution in [2.24, 2.45) is 5.73 Å². The predicted octanol–water partition coefficient (Wildman–Crippen LogP) is 4.41. The molecule has 0 saturated carbocycles. The van der Waals surface area contributed by atoms with E-state index in [0.29, 0.717) is 4.47 Å². The summed E-state index contributed by atoms with van der Waals surface area (Å²) in [6.07, 6.45) is -5.69. The second kappa shape index (κ2) is 4.81. The molecule has 0 amide bonds. The number of benzene rings is 1. The Morgan fingerprint density at radius 2 is 1.59 bits per heavy atom. The Kier molecular flexibility index (Phi) is 4.20. The van der Waals surface area contributed by atoms with Crippen LogP contribution in [-0.4, -0.2) is 12.1 Å². The molecule has 1 rings (SSSR count). The predicted molar refractivity (Wildman–Crippen MR) is 59.8 cm³/mol. The molecule has 0 aromatic heterocycles. The lowest BCUT2D eigenvalue weighted by molar-refractivity contribution is -0.291. The van der Waals surface area contributed by atoms with E-state index in [1.165, 1.54) is 12.1 Å². The Labute approximate surface area is 110 Å². The van der Waals surface area contributed by atoms with Gasteiger partial charge in [0.25, 0.3) is 0 Å². The molecule has 0 unspecified atom stereocenters. The second-order valence-electron chi connectivity index (χ2n) is 3.26. The largest absolute Gasteiger partial charge is 0.455 e. The van der Waals surface area contributed by atoms with Crippen LogP contribution >= 0.6 is 31.9 Å². The highest BCUT2D eigenvalue weighted by Crippen LogP contribution is 2.45. The van der Waals surface area contributed by atoms with Crippen LogP contribution < -0.4 is 5.73 Å². The van der Waals surface area contributed by atoms with Crippen LogP contribution in [0.4, 0.5) is 22.0 Å².